The number of carbonyl (C=O) groups excluding carboxylic acids is 4. The topological polar surface area (TPSA) is 129 Å². The van der Waals surface area contributed by atoms with Crippen molar-refractivity contribution in [3.63, 3.8) is 0 Å². The third kappa shape index (κ3) is 10.3. The van der Waals surface area contributed by atoms with Crippen molar-refractivity contribution in [2.75, 3.05) is 19.8 Å². The minimum absolute atomic E-state index is 0.00727. The van der Waals surface area contributed by atoms with E-state index in [4.69, 9.17) is 18.9 Å². The summed E-state index contributed by atoms with van der Waals surface area (Å²) >= 11 is 2.32. The molecule has 0 aliphatic carbocycles. The molecule has 0 N–H and O–H groups in total. The number of allylic oxidation sites excluding steroid dienone is 1. The fourth-order valence-corrected chi connectivity index (χ4v) is 6.86. The summed E-state index contributed by atoms with van der Waals surface area (Å²) in [5, 5.41) is 9.87. The Morgan fingerprint density at radius 1 is 0.837 bits per heavy atom. The van der Waals surface area contributed by atoms with E-state index in [2.05, 4.69) is 0 Å². The fraction of sp³-hybridized carbons (Fsp3) is 0.594. The summed E-state index contributed by atoms with van der Waals surface area (Å²) in [5.41, 5.74) is -0.772. The summed E-state index contributed by atoms with van der Waals surface area (Å²) in [4.78, 5) is 51.5. The highest BCUT2D eigenvalue weighted by Crippen LogP contribution is 2.59. The summed E-state index contributed by atoms with van der Waals surface area (Å²) < 4.78 is 22.6. The molecule has 0 amide bonds. The molecule has 2 atom stereocenters. The minimum atomic E-state index is -0.779. The van der Waals surface area contributed by atoms with Gasteiger partial charge < -0.3 is 18.9 Å². The Labute approximate surface area is 263 Å². The van der Waals surface area contributed by atoms with Gasteiger partial charge in [-0.25, -0.2) is 4.79 Å². The number of Topliss-reactive ketones (excluding diaryl/α,β-unsaturated/α-hetero) is 1. The number of nitrogens with zero attached hydrogens (tertiary/aromatic N) is 1. The highest BCUT2D eigenvalue weighted by Gasteiger charge is 2.34. The molecule has 2 unspecified atom stereocenters. The van der Waals surface area contributed by atoms with Crippen LogP contribution in [0.25, 0.3) is 0 Å². The third-order valence-corrected chi connectivity index (χ3v) is 9.35. The Morgan fingerprint density at radius 3 is 1.88 bits per heavy atom. The first-order valence-electron chi connectivity index (χ1n) is 14.8. The molecule has 9 nitrogen and oxygen atoms in total. The second-order valence-electron chi connectivity index (χ2n) is 11.2. The van der Waals surface area contributed by atoms with Gasteiger partial charge in [0, 0.05) is 5.41 Å². The second-order valence-corrected chi connectivity index (χ2v) is 13.5. The summed E-state index contributed by atoms with van der Waals surface area (Å²) in [5.74, 6) is -1.57. The molecule has 2 rings (SSSR count). The molecule has 11 heteroatoms. The van der Waals surface area contributed by atoms with Crippen LogP contribution in [0, 0.1) is 28.6 Å². The number of ether oxygens (including phenoxy) is 4. The SMILES string of the molecule is CCCC(CC)C(=O)OCCOc1ccc(OC(=O)COC(=O)C(CC)CCC)c2c1S/C(=C(\C#N)C(=O)C(C)(C)C)S2. The number of ketones is 1. The number of thioether (sulfide) groups is 2. The average molecular weight is 634 g/mol. The van der Waals surface area contributed by atoms with Gasteiger partial charge in [-0.1, -0.05) is 84.8 Å². The molecule has 1 aromatic carbocycles. The van der Waals surface area contributed by atoms with Crippen molar-refractivity contribution in [3.05, 3.63) is 21.9 Å². The largest absolute Gasteiger partial charge is 0.489 e. The van der Waals surface area contributed by atoms with Gasteiger partial charge in [-0.2, -0.15) is 5.26 Å². The molecule has 0 saturated heterocycles. The number of nitriles is 1. The lowest BCUT2D eigenvalue weighted by molar-refractivity contribution is -0.157. The van der Waals surface area contributed by atoms with Crippen LogP contribution in [0.5, 0.6) is 11.5 Å². The minimum Gasteiger partial charge on any atom is -0.489 e. The van der Waals surface area contributed by atoms with Crippen molar-refractivity contribution in [2.45, 2.75) is 96.8 Å². The molecule has 0 radical (unpaired) electrons. The van der Waals surface area contributed by atoms with Gasteiger partial charge in [-0.05, 0) is 37.8 Å². The van der Waals surface area contributed by atoms with Gasteiger partial charge in [-0.15, -0.1) is 0 Å². The molecule has 0 aromatic heterocycles. The highest BCUT2D eigenvalue weighted by atomic mass is 32.2. The van der Waals surface area contributed by atoms with Crippen LogP contribution < -0.4 is 9.47 Å². The summed E-state index contributed by atoms with van der Waals surface area (Å²) in [7, 11) is 0. The van der Waals surface area contributed by atoms with E-state index in [0.717, 1.165) is 31.0 Å². The van der Waals surface area contributed by atoms with Crippen LogP contribution in [-0.4, -0.2) is 43.5 Å². The zero-order valence-electron chi connectivity index (χ0n) is 26.2. The quantitative estimate of drug-likeness (QED) is 0.0599. The monoisotopic (exact) mass is 633 g/mol. The van der Waals surface area contributed by atoms with Gasteiger partial charge in [-0.3, -0.25) is 14.4 Å². The number of carbonyl (C=O) groups is 4. The van der Waals surface area contributed by atoms with Crippen LogP contribution in [0.15, 0.2) is 31.7 Å². The van der Waals surface area contributed by atoms with Crippen molar-refractivity contribution >= 4 is 47.2 Å². The summed E-state index contributed by atoms with van der Waals surface area (Å²) in [6.45, 7) is 12.7. The molecule has 0 bridgehead atoms. The molecule has 0 saturated carbocycles. The normalized spacial score (nSPS) is 15.0. The van der Waals surface area contributed by atoms with E-state index < -0.39 is 24.0 Å². The summed E-state index contributed by atoms with van der Waals surface area (Å²) in [6, 6.07) is 5.20. The van der Waals surface area contributed by atoms with Gasteiger partial charge in [0.25, 0.3) is 0 Å². The van der Waals surface area contributed by atoms with Crippen molar-refractivity contribution in [1.82, 2.24) is 0 Å². The van der Waals surface area contributed by atoms with Crippen LogP contribution in [0.3, 0.4) is 0 Å². The van der Waals surface area contributed by atoms with Crippen LogP contribution in [0.2, 0.25) is 0 Å². The Balaban J connectivity index is 2.26. The van der Waals surface area contributed by atoms with E-state index in [1.54, 1.807) is 32.9 Å². The zero-order chi connectivity index (χ0) is 32.2. The molecular formula is C32H43NO8S2. The number of benzene rings is 1. The lowest BCUT2D eigenvalue weighted by Gasteiger charge is -2.16. The Hall–Kier alpha value is -2.97. The fourth-order valence-electron chi connectivity index (χ4n) is 4.27. The van der Waals surface area contributed by atoms with Crippen LogP contribution in [0.4, 0.5) is 0 Å². The lowest BCUT2D eigenvalue weighted by Crippen LogP contribution is -2.23. The van der Waals surface area contributed by atoms with Gasteiger partial charge >= 0.3 is 17.9 Å². The van der Waals surface area contributed by atoms with E-state index in [0.29, 0.717) is 39.0 Å². The molecule has 0 spiro atoms. The second kappa shape index (κ2) is 17.4. The van der Waals surface area contributed by atoms with Crippen molar-refractivity contribution in [3.8, 4) is 17.6 Å². The van der Waals surface area contributed by atoms with Crippen LogP contribution in [-0.2, 0) is 28.7 Å². The molecular weight excluding hydrogens is 590 g/mol. The van der Waals surface area contributed by atoms with Gasteiger partial charge in [0.05, 0.1) is 25.9 Å². The molecule has 1 heterocycles. The van der Waals surface area contributed by atoms with E-state index in [1.165, 1.54) is 11.8 Å². The average Bonchev–Trinajstić information content (AvgIpc) is 3.41. The highest BCUT2D eigenvalue weighted by molar-refractivity contribution is 8.24. The maximum Gasteiger partial charge on any atom is 0.349 e. The summed E-state index contributed by atoms with van der Waals surface area (Å²) in [6.07, 6.45) is 4.47. The zero-order valence-corrected chi connectivity index (χ0v) is 27.8. The molecule has 236 valence electrons. The molecule has 1 aliphatic heterocycles. The molecule has 1 aromatic rings. The van der Waals surface area contributed by atoms with Crippen LogP contribution in [0.1, 0.15) is 87.0 Å². The number of rotatable bonds is 16. The maximum atomic E-state index is 13.0. The van der Waals surface area contributed by atoms with E-state index >= 15 is 0 Å². The third-order valence-electron chi connectivity index (χ3n) is 6.72. The molecule has 1 aliphatic rings. The van der Waals surface area contributed by atoms with Gasteiger partial charge in [0.1, 0.15) is 36.4 Å². The maximum absolute atomic E-state index is 13.0. The number of esters is 3. The van der Waals surface area contributed by atoms with E-state index in [-0.39, 0.29) is 48.1 Å². The smallest absolute Gasteiger partial charge is 0.349 e. The Kier molecular flexibility index (Phi) is 14.6. The lowest BCUT2D eigenvalue weighted by atomic mass is 9.87. The predicted molar refractivity (Wildman–Crippen MR) is 166 cm³/mol. The van der Waals surface area contributed by atoms with E-state index in [1.807, 2.05) is 33.8 Å². The molecule has 0 fully saturated rings. The first-order valence-corrected chi connectivity index (χ1v) is 16.4. The molecule has 43 heavy (non-hydrogen) atoms. The van der Waals surface area contributed by atoms with Crippen molar-refractivity contribution < 1.29 is 38.1 Å². The Bertz CT molecular complexity index is 1240. The first kappa shape index (κ1) is 36.2. The first-order chi connectivity index (χ1) is 20.4. The van der Waals surface area contributed by atoms with E-state index in [9.17, 15) is 24.4 Å². The number of hydrogen-bond acceptors (Lipinski definition) is 11. The number of hydrogen-bond donors (Lipinski definition) is 0. The van der Waals surface area contributed by atoms with Gasteiger partial charge in [0.15, 0.2) is 12.4 Å². The van der Waals surface area contributed by atoms with Crippen molar-refractivity contribution in [1.29, 1.82) is 5.26 Å². The van der Waals surface area contributed by atoms with Crippen molar-refractivity contribution in [2.24, 2.45) is 17.3 Å². The van der Waals surface area contributed by atoms with Gasteiger partial charge in [0.2, 0.25) is 0 Å². The Morgan fingerprint density at radius 2 is 1.37 bits per heavy atom. The standard InChI is InChI=1S/C32H43NO8S2/c1-8-12-20(10-3)29(36)39-17-16-38-23-14-15-24(41-25(34)19-40-30(37)21(11-4)13-9-2)27-26(23)42-31(43-27)22(18-33)28(35)32(5,6)7/h14-15,20-21H,8-13,16-17,19H2,1-7H3/b31-22-. The van der Waals surface area contributed by atoms with Crippen LogP contribution >= 0.6 is 23.5 Å². The number of fused-ring (bicyclic) bond motifs is 1. The predicted octanol–water partition coefficient (Wildman–Crippen LogP) is 7.26.